The number of likely N-dealkylation sites (tertiary alicyclic amines) is 1. The largest absolute Gasteiger partial charge is 0.340 e. The molecule has 1 heterocycles. The quantitative estimate of drug-likeness (QED) is 0.601. The topological polar surface area (TPSA) is 23.6 Å². The molecule has 4 rings (SSSR count). The van der Waals surface area contributed by atoms with Crippen LogP contribution in [0.25, 0.3) is 0 Å². The van der Waals surface area contributed by atoms with Crippen molar-refractivity contribution in [3.05, 3.63) is 70.8 Å². The van der Waals surface area contributed by atoms with E-state index < -0.39 is 0 Å². The first-order valence-corrected chi connectivity index (χ1v) is 12.1. The van der Waals surface area contributed by atoms with Gasteiger partial charge in [-0.15, -0.1) is 0 Å². The average molecular weight is 419 g/mol. The molecule has 1 aliphatic heterocycles. The first-order chi connectivity index (χ1) is 15.0. The van der Waals surface area contributed by atoms with Crippen LogP contribution < -0.4 is 0 Å². The van der Waals surface area contributed by atoms with E-state index in [2.05, 4.69) is 72.2 Å². The van der Waals surface area contributed by atoms with E-state index in [1.54, 1.807) is 6.92 Å². The summed E-state index contributed by atoms with van der Waals surface area (Å²) >= 11 is 0. The summed E-state index contributed by atoms with van der Waals surface area (Å²) in [5.74, 6) is 1.22. The molecule has 0 aromatic heterocycles. The van der Waals surface area contributed by atoms with Crippen LogP contribution in [-0.2, 0) is 11.3 Å². The number of hydrogen-bond acceptors (Lipinski definition) is 2. The van der Waals surface area contributed by atoms with Gasteiger partial charge in [0.05, 0.1) is 0 Å². The molecule has 0 N–H and O–H groups in total. The van der Waals surface area contributed by atoms with Gasteiger partial charge in [0.2, 0.25) is 5.91 Å². The van der Waals surface area contributed by atoms with Gasteiger partial charge in [0, 0.05) is 45.1 Å². The van der Waals surface area contributed by atoms with Gasteiger partial charge >= 0.3 is 0 Å². The smallest absolute Gasteiger partial charge is 0.219 e. The van der Waals surface area contributed by atoms with E-state index in [-0.39, 0.29) is 5.91 Å². The molecule has 2 aliphatic rings. The lowest BCUT2D eigenvalue weighted by atomic mass is 9.87. The second kappa shape index (κ2) is 9.99. The van der Waals surface area contributed by atoms with Crippen molar-refractivity contribution in [2.24, 2.45) is 5.92 Å². The molecular formula is C28H38N2O. The molecule has 1 saturated carbocycles. The first-order valence-electron chi connectivity index (χ1n) is 12.1. The van der Waals surface area contributed by atoms with Crippen LogP contribution in [0.5, 0.6) is 0 Å². The molecule has 2 atom stereocenters. The fraction of sp³-hybridized carbons (Fsp3) is 0.536. The lowest BCUT2D eigenvalue weighted by Crippen LogP contribution is -2.44. The van der Waals surface area contributed by atoms with E-state index in [4.69, 9.17) is 0 Å². The Balaban J connectivity index is 1.53. The van der Waals surface area contributed by atoms with Crippen LogP contribution >= 0.6 is 0 Å². The molecule has 0 unspecified atom stereocenters. The van der Waals surface area contributed by atoms with Gasteiger partial charge in [-0.1, -0.05) is 78.9 Å². The molecule has 2 aromatic carbocycles. The van der Waals surface area contributed by atoms with Crippen LogP contribution in [0, 0.1) is 19.8 Å². The molecule has 0 radical (unpaired) electrons. The molecule has 0 bridgehead atoms. The number of benzene rings is 2. The monoisotopic (exact) mass is 418 g/mol. The van der Waals surface area contributed by atoms with E-state index in [1.807, 2.05) is 0 Å². The van der Waals surface area contributed by atoms with Gasteiger partial charge in [0.15, 0.2) is 0 Å². The number of nitrogens with zero attached hydrogens (tertiary/aromatic N) is 2. The minimum atomic E-state index is 0.256. The number of rotatable bonds is 6. The lowest BCUT2D eigenvalue weighted by Gasteiger charge is -2.36. The zero-order valence-electron chi connectivity index (χ0n) is 19.5. The van der Waals surface area contributed by atoms with Gasteiger partial charge in [0.1, 0.15) is 0 Å². The fourth-order valence-electron chi connectivity index (χ4n) is 5.60. The highest BCUT2D eigenvalue weighted by Gasteiger charge is 2.37. The highest BCUT2D eigenvalue weighted by molar-refractivity contribution is 5.73. The van der Waals surface area contributed by atoms with Gasteiger partial charge in [-0.05, 0) is 43.7 Å². The molecule has 3 heteroatoms. The highest BCUT2D eigenvalue weighted by Crippen LogP contribution is 2.35. The molecule has 31 heavy (non-hydrogen) atoms. The van der Waals surface area contributed by atoms with Crippen molar-refractivity contribution >= 4 is 5.91 Å². The van der Waals surface area contributed by atoms with Crippen molar-refractivity contribution in [2.45, 2.75) is 71.4 Å². The van der Waals surface area contributed by atoms with Crippen molar-refractivity contribution in [1.82, 2.24) is 9.80 Å². The lowest BCUT2D eigenvalue weighted by molar-refractivity contribution is -0.132. The van der Waals surface area contributed by atoms with Crippen LogP contribution in [-0.4, -0.2) is 41.4 Å². The van der Waals surface area contributed by atoms with Gasteiger partial charge in [-0.3, -0.25) is 9.69 Å². The third-order valence-electron chi connectivity index (χ3n) is 7.40. The minimum absolute atomic E-state index is 0.256. The summed E-state index contributed by atoms with van der Waals surface area (Å²) in [6, 6.07) is 18.5. The van der Waals surface area contributed by atoms with Crippen LogP contribution in [0.3, 0.4) is 0 Å². The van der Waals surface area contributed by atoms with Gasteiger partial charge in [-0.2, -0.15) is 0 Å². The Morgan fingerprint density at radius 3 is 2.13 bits per heavy atom. The van der Waals surface area contributed by atoms with Crippen molar-refractivity contribution in [1.29, 1.82) is 0 Å². The number of carbonyl (C=O) groups excluding carboxylic acids is 1. The Kier molecular flexibility index (Phi) is 7.12. The summed E-state index contributed by atoms with van der Waals surface area (Å²) in [7, 11) is 0. The van der Waals surface area contributed by atoms with Crippen molar-refractivity contribution in [3.8, 4) is 0 Å². The van der Waals surface area contributed by atoms with Crippen LogP contribution in [0.15, 0.2) is 48.5 Å². The number of carbonyl (C=O) groups is 1. The van der Waals surface area contributed by atoms with Crippen LogP contribution in [0.1, 0.15) is 67.2 Å². The van der Waals surface area contributed by atoms with E-state index >= 15 is 0 Å². The van der Waals surface area contributed by atoms with Crippen molar-refractivity contribution in [3.63, 3.8) is 0 Å². The van der Waals surface area contributed by atoms with Crippen LogP contribution in [0.2, 0.25) is 0 Å². The predicted octanol–water partition coefficient (Wildman–Crippen LogP) is 5.70. The van der Waals surface area contributed by atoms with E-state index in [1.165, 1.54) is 54.4 Å². The number of amides is 1. The van der Waals surface area contributed by atoms with E-state index in [0.717, 1.165) is 26.2 Å². The average Bonchev–Trinajstić information content (AvgIpc) is 3.17. The molecule has 2 aromatic rings. The maximum Gasteiger partial charge on any atom is 0.219 e. The third kappa shape index (κ3) is 5.57. The zero-order valence-corrected chi connectivity index (χ0v) is 19.5. The third-order valence-corrected chi connectivity index (χ3v) is 7.40. The molecule has 1 amide bonds. The second-order valence-corrected chi connectivity index (χ2v) is 9.92. The summed E-state index contributed by atoms with van der Waals surface area (Å²) < 4.78 is 0. The summed E-state index contributed by atoms with van der Waals surface area (Å²) in [5, 5.41) is 0. The molecule has 1 aliphatic carbocycles. The summed E-state index contributed by atoms with van der Waals surface area (Å²) in [5.41, 5.74) is 5.42. The summed E-state index contributed by atoms with van der Waals surface area (Å²) in [4.78, 5) is 17.5. The maximum atomic E-state index is 12.6. The molecule has 1 saturated heterocycles. The molecule has 2 fully saturated rings. The van der Waals surface area contributed by atoms with E-state index in [0.29, 0.717) is 17.9 Å². The van der Waals surface area contributed by atoms with Crippen molar-refractivity contribution in [2.75, 3.05) is 19.6 Å². The number of hydrogen-bond donors (Lipinski definition) is 0. The van der Waals surface area contributed by atoms with E-state index in [9.17, 15) is 4.79 Å². The summed E-state index contributed by atoms with van der Waals surface area (Å²) in [6.07, 6.45) is 6.20. The number of aryl methyl sites for hydroxylation is 2. The normalized spacial score (nSPS) is 22.5. The molecular weight excluding hydrogens is 380 g/mol. The standard InChI is InChI=1S/C28H38N2O/c1-21-9-13-24(14-10-21)17-29-18-26(28(20-29)25-15-11-22(2)12-16-25)19-30(23(3)31)27-7-5-4-6-8-27/h9-16,26-28H,4-8,17-20H2,1-3H3/t26-,28-/m0/s1. The molecule has 3 nitrogen and oxygen atoms in total. The van der Waals surface area contributed by atoms with Gasteiger partial charge in [0.25, 0.3) is 0 Å². The maximum absolute atomic E-state index is 12.6. The Morgan fingerprint density at radius 1 is 0.903 bits per heavy atom. The summed E-state index contributed by atoms with van der Waals surface area (Å²) in [6.45, 7) is 10.1. The Morgan fingerprint density at radius 2 is 1.52 bits per heavy atom. The SMILES string of the molecule is CC(=O)N(C[C@@H]1CN(Cc2ccc(C)cc2)C[C@H]1c1ccc(C)cc1)C1CCCCC1. The predicted molar refractivity (Wildman–Crippen MR) is 128 cm³/mol. The van der Waals surface area contributed by atoms with Crippen LogP contribution in [0.4, 0.5) is 0 Å². The minimum Gasteiger partial charge on any atom is -0.340 e. The Labute approximate surface area is 188 Å². The second-order valence-electron chi connectivity index (χ2n) is 9.92. The van der Waals surface area contributed by atoms with Gasteiger partial charge in [-0.25, -0.2) is 0 Å². The molecule has 166 valence electrons. The van der Waals surface area contributed by atoms with Crippen molar-refractivity contribution < 1.29 is 4.79 Å². The first kappa shape index (κ1) is 22.1. The zero-order chi connectivity index (χ0) is 21.8. The Bertz CT molecular complexity index is 852. The van der Waals surface area contributed by atoms with Gasteiger partial charge < -0.3 is 4.90 Å². The fourth-order valence-corrected chi connectivity index (χ4v) is 5.60. The molecule has 0 spiro atoms. The Hall–Kier alpha value is -2.13. The highest BCUT2D eigenvalue weighted by atomic mass is 16.2.